The fourth-order valence-corrected chi connectivity index (χ4v) is 3.94. The zero-order valence-electron chi connectivity index (χ0n) is 15.8. The van der Waals surface area contributed by atoms with Crippen LogP contribution in [0.5, 0.6) is 0 Å². The predicted octanol–water partition coefficient (Wildman–Crippen LogP) is 2.24. The van der Waals surface area contributed by atoms with E-state index in [2.05, 4.69) is 10.3 Å². The van der Waals surface area contributed by atoms with Gasteiger partial charge in [0, 0.05) is 44.1 Å². The molecule has 8 heteroatoms. The maximum atomic E-state index is 12.9. The molecule has 2 fully saturated rings. The Hall–Kier alpha value is -1.37. The van der Waals surface area contributed by atoms with Gasteiger partial charge in [-0.2, -0.15) is 0 Å². The summed E-state index contributed by atoms with van der Waals surface area (Å²) in [5.41, 5.74) is 0.649. The number of carbonyl (C=O) groups is 2. The van der Waals surface area contributed by atoms with Gasteiger partial charge in [0.1, 0.15) is 0 Å². The number of aromatic nitrogens is 1. The lowest BCUT2D eigenvalue weighted by molar-refractivity contribution is -0.138. The van der Waals surface area contributed by atoms with Crippen LogP contribution in [0.1, 0.15) is 36.0 Å². The van der Waals surface area contributed by atoms with E-state index in [1.54, 1.807) is 24.5 Å². The van der Waals surface area contributed by atoms with Gasteiger partial charge in [-0.05, 0) is 57.3 Å². The first-order valence-corrected chi connectivity index (χ1v) is 9.31. The summed E-state index contributed by atoms with van der Waals surface area (Å²) in [7, 11) is 1.98. The van der Waals surface area contributed by atoms with Crippen molar-refractivity contribution in [1.29, 1.82) is 0 Å². The van der Waals surface area contributed by atoms with Gasteiger partial charge in [0.25, 0.3) is 5.91 Å². The molecule has 2 aliphatic heterocycles. The average molecular weight is 417 g/mol. The van der Waals surface area contributed by atoms with Crippen molar-refractivity contribution in [1.82, 2.24) is 20.1 Å². The standard InChI is InChI=1S/C19H28N4O2.2ClH/c1-20-13-15-6-11-22(12-7-15)19(25)17-3-2-10-23(14-17)18(24)16-4-8-21-9-5-16;;/h4-5,8-9,15,17,20H,2-3,6-7,10-14H2,1H3;2*1H. The van der Waals surface area contributed by atoms with E-state index < -0.39 is 0 Å². The van der Waals surface area contributed by atoms with Gasteiger partial charge in [-0.25, -0.2) is 0 Å². The molecular formula is C19H30Cl2N4O2. The molecule has 0 aliphatic carbocycles. The van der Waals surface area contributed by atoms with E-state index in [4.69, 9.17) is 0 Å². The average Bonchev–Trinajstić information content (AvgIpc) is 2.68. The van der Waals surface area contributed by atoms with Crippen molar-refractivity contribution >= 4 is 36.6 Å². The highest BCUT2D eigenvalue weighted by atomic mass is 35.5. The Kier molecular flexibility index (Phi) is 10.1. The fraction of sp³-hybridized carbons (Fsp3) is 0.632. The Morgan fingerprint density at radius 3 is 2.37 bits per heavy atom. The molecule has 1 aromatic heterocycles. The Morgan fingerprint density at radius 1 is 1.07 bits per heavy atom. The molecule has 0 bridgehead atoms. The molecule has 0 spiro atoms. The van der Waals surface area contributed by atoms with Gasteiger partial charge in [-0.1, -0.05) is 0 Å². The van der Waals surface area contributed by atoms with Gasteiger partial charge < -0.3 is 15.1 Å². The molecule has 2 amide bonds. The number of nitrogens with zero attached hydrogens (tertiary/aromatic N) is 3. The molecule has 152 valence electrons. The lowest BCUT2D eigenvalue weighted by Crippen LogP contribution is -2.49. The molecule has 1 aromatic rings. The summed E-state index contributed by atoms with van der Waals surface area (Å²) >= 11 is 0. The van der Waals surface area contributed by atoms with Crippen molar-refractivity contribution in [2.24, 2.45) is 11.8 Å². The third-order valence-electron chi connectivity index (χ3n) is 5.40. The number of hydrogen-bond donors (Lipinski definition) is 1. The molecule has 0 saturated carbocycles. The summed E-state index contributed by atoms with van der Waals surface area (Å²) < 4.78 is 0. The lowest BCUT2D eigenvalue weighted by atomic mass is 9.92. The van der Waals surface area contributed by atoms with Crippen LogP contribution in [-0.2, 0) is 4.79 Å². The minimum atomic E-state index is -0.0552. The van der Waals surface area contributed by atoms with Gasteiger partial charge in [0.15, 0.2) is 0 Å². The number of likely N-dealkylation sites (tertiary alicyclic amines) is 2. The fourth-order valence-electron chi connectivity index (χ4n) is 3.94. The number of pyridine rings is 1. The van der Waals surface area contributed by atoms with E-state index in [1.807, 2.05) is 16.8 Å². The molecule has 2 saturated heterocycles. The van der Waals surface area contributed by atoms with Crippen LogP contribution in [0.3, 0.4) is 0 Å². The Balaban J connectivity index is 0.00000182. The zero-order chi connectivity index (χ0) is 17.6. The molecule has 2 aliphatic rings. The summed E-state index contributed by atoms with van der Waals surface area (Å²) in [4.78, 5) is 33.3. The molecule has 1 atom stereocenters. The third kappa shape index (κ3) is 6.06. The molecule has 1 unspecified atom stereocenters. The highest BCUT2D eigenvalue weighted by molar-refractivity contribution is 5.94. The van der Waals surface area contributed by atoms with E-state index in [9.17, 15) is 9.59 Å². The first kappa shape index (κ1) is 23.7. The number of rotatable bonds is 4. The first-order chi connectivity index (χ1) is 12.2. The lowest BCUT2D eigenvalue weighted by Gasteiger charge is -2.38. The van der Waals surface area contributed by atoms with Gasteiger partial charge in [-0.15, -0.1) is 24.8 Å². The number of nitrogens with one attached hydrogen (secondary N) is 1. The first-order valence-electron chi connectivity index (χ1n) is 9.31. The maximum Gasteiger partial charge on any atom is 0.253 e. The number of carbonyl (C=O) groups excluding carboxylic acids is 2. The minimum Gasteiger partial charge on any atom is -0.342 e. The van der Waals surface area contributed by atoms with Crippen molar-refractivity contribution in [3.63, 3.8) is 0 Å². The molecule has 3 rings (SSSR count). The van der Waals surface area contributed by atoms with Gasteiger partial charge in [0.2, 0.25) is 5.91 Å². The summed E-state index contributed by atoms with van der Waals surface area (Å²) in [6.07, 6.45) is 7.18. The molecule has 0 aromatic carbocycles. The number of hydrogen-bond acceptors (Lipinski definition) is 4. The molecule has 27 heavy (non-hydrogen) atoms. The van der Waals surface area contributed by atoms with Crippen molar-refractivity contribution in [2.75, 3.05) is 39.8 Å². The molecule has 1 N–H and O–H groups in total. The van der Waals surface area contributed by atoms with Crippen LogP contribution in [0.25, 0.3) is 0 Å². The molecule has 6 nitrogen and oxygen atoms in total. The largest absolute Gasteiger partial charge is 0.342 e. The summed E-state index contributed by atoms with van der Waals surface area (Å²) in [5, 5.41) is 3.23. The third-order valence-corrected chi connectivity index (χ3v) is 5.40. The van der Waals surface area contributed by atoms with Crippen LogP contribution in [0, 0.1) is 11.8 Å². The summed E-state index contributed by atoms with van der Waals surface area (Å²) in [6, 6.07) is 3.47. The highest BCUT2D eigenvalue weighted by Crippen LogP contribution is 2.24. The SMILES string of the molecule is CNCC1CCN(C(=O)C2CCCN(C(=O)c3ccncc3)C2)CC1.Cl.Cl. The second-order valence-corrected chi connectivity index (χ2v) is 7.15. The monoisotopic (exact) mass is 416 g/mol. The number of amides is 2. The molecule has 3 heterocycles. The normalized spacial score (nSPS) is 20.4. The number of piperidine rings is 2. The smallest absolute Gasteiger partial charge is 0.253 e. The predicted molar refractivity (Wildman–Crippen MR) is 111 cm³/mol. The Labute approximate surface area is 173 Å². The van der Waals surface area contributed by atoms with Crippen molar-refractivity contribution in [2.45, 2.75) is 25.7 Å². The summed E-state index contributed by atoms with van der Waals surface area (Å²) in [6.45, 7) is 3.99. The van der Waals surface area contributed by atoms with E-state index in [-0.39, 0.29) is 42.5 Å². The molecule has 0 radical (unpaired) electrons. The molecular weight excluding hydrogens is 387 g/mol. The van der Waals surface area contributed by atoms with Gasteiger partial charge >= 0.3 is 0 Å². The second-order valence-electron chi connectivity index (χ2n) is 7.15. The van der Waals surface area contributed by atoms with Crippen LogP contribution in [0.15, 0.2) is 24.5 Å². The maximum absolute atomic E-state index is 12.9. The van der Waals surface area contributed by atoms with Crippen molar-refractivity contribution in [3.8, 4) is 0 Å². The van der Waals surface area contributed by atoms with Crippen molar-refractivity contribution < 1.29 is 9.59 Å². The van der Waals surface area contributed by atoms with Crippen LogP contribution in [0.2, 0.25) is 0 Å². The van der Waals surface area contributed by atoms with E-state index in [1.165, 1.54) is 0 Å². The van der Waals surface area contributed by atoms with E-state index >= 15 is 0 Å². The van der Waals surface area contributed by atoms with Crippen molar-refractivity contribution in [3.05, 3.63) is 30.1 Å². The van der Waals surface area contributed by atoms with Crippen LogP contribution < -0.4 is 5.32 Å². The van der Waals surface area contributed by atoms with Crippen LogP contribution in [0.4, 0.5) is 0 Å². The van der Waals surface area contributed by atoms with Crippen LogP contribution in [-0.4, -0.2) is 66.4 Å². The highest BCUT2D eigenvalue weighted by Gasteiger charge is 2.33. The minimum absolute atomic E-state index is 0. The Bertz CT molecular complexity index is 595. The van der Waals surface area contributed by atoms with E-state index in [0.29, 0.717) is 18.0 Å². The van der Waals surface area contributed by atoms with Gasteiger partial charge in [0.05, 0.1) is 5.92 Å². The second kappa shape index (κ2) is 11.5. The quantitative estimate of drug-likeness (QED) is 0.816. The zero-order valence-corrected chi connectivity index (χ0v) is 17.4. The van der Waals surface area contributed by atoms with Crippen LogP contribution >= 0.6 is 24.8 Å². The number of halogens is 2. The topological polar surface area (TPSA) is 65.5 Å². The van der Waals surface area contributed by atoms with E-state index in [0.717, 1.165) is 51.9 Å². The Morgan fingerprint density at radius 2 is 1.74 bits per heavy atom. The summed E-state index contributed by atoms with van der Waals surface area (Å²) in [5.74, 6) is 0.855. The van der Waals surface area contributed by atoms with Gasteiger partial charge in [-0.3, -0.25) is 14.6 Å².